The molecule has 1 aromatic heterocycles. The second-order valence-corrected chi connectivity index (χ2v) is 6.46. The molecule has 0 spiro atoms. The molecule has 0 unspecified atom stereocenters. The van der Waals surface area contributed by atoms with Crippen LogP contribution in [0.25, 0.3) is 0 Å². The van der Waals surface area contributed by atoms with E-state index in [9.17, 15) is 9.90 Å². The Morgan fingerprint density at radius 3 is 2.68 bits per heavy atom. The predicted molar refractivity (Wildman–Crippen MR) is 84.2 cm³/mol. The third-order valence-corrected chi connectivity index (χ3v) is 4.52. The quantitative estimate of drug-likeness (QED) is 0.912. The van der Waals surface area contributed by atoms with Gasteiger partial charge in [0.1, 0.15) is 5.75 Å². The molecule has 3 rings (SSSR count). The molecule has 0 bridgehead atoms. The number of nitrogens with one attached hydrogen (secondary N) is 1. The Morgan fingerprint density at radius 2 is 2.00 bits per heavy atom. The summed E-state index contributed by atoms with van der Waals surface area (Å²) in [6.07, 6.45) is 3.02. The Labute approximate surface area is 130 Å². The van der Waals surface area contributed by atoms with Gasteiger partial charge in [-0.2, -0.15) is 0 Å². The number of nitrogens with zero attached hydrogens (tertiary/aromatic N) is 1. The van der Waals surface area contributed by atoms with Crippen LogP contribution >= 0.6 is 0 Å². The highest BCUT2D eigenvalue weighted by atomic mass is 16.3. The molecule has 22 heavy (non-hydrogen) atoms. The zero-order chi connectivity index (χ0) is 15.7. The number of benzene rings is 1. The van der Waals surface area contributed by atoms with Crippen LogP contribution in [0, 0.1) is 11.3 Å². The van der Waals surface area contributed by atoms with Crippen LogP contribution in [0.5, 0.6) is 5.75 Å². The number of aromatic nitrogens is 1. The van der Waals surface area contributed by atoms with E-state index in [-0.39, 0.29) is 28.9 Å². The minimum atomic E-state index is -0.0253. The molecule has 1 amide bonds. The Balaban J connectivity index is 1.66. The summed E-state index contributed by atoms with van der Waals surface area (Å²) in [5.41, 5.74) is 1.98. The molecule has 2 N–H and O–H groups in total. The summed E-state index contributed by atoms with van der Waals surface area (Å²) in [5.74, 6) is 0.416. The summed E-state index contributed by atoms with van der Waals surface area (Å²) >= 11 is 0. The van der Waals surface area contributed by atoms with Crippen molar-refractivity contribution < 1.29 is 9.90 Å². The fourth-order valence-corrected chi connectivity index (χ4v) is 3.28. The van der Waals surface area contributed by atoms with Crippen LogP contribution in [-0.2, 0) is 11.3 Å². The summed E-state index contributed by atoms with van der Waals surface area (Å²) in [6, 6.07) is 11.8. The van der Waals surface area contributed by atoms with Crippen LogP contribution in [0.4, 0.5) is 0 Å². The second kappa shape index (κ2) is 5.44. The smallest absolute Gasteiger partial charge is 0.224 e. The van der Waals surface area contributed by atoms with Gasteiger partial charge < -0.3 is 10.4 Å². The number of pyridine rings is 1. The van der Waals surface area contributed by atoms with Crippen molar-refractivity contribution in [2.24, 2.45) is 11.3 Å². The van der Waals surface area contributed by atoms with E-state index in [4.69, 9.17) is 0 Å². The van der Waals surface area contributed by atoms with Gasteiger partial charge in [0.05, 0.1) is 12.1 Å². The van der Waals surface area contributed by atoms with E-state index in [0.717, 1.165) is 5.56 Å². The van der Waals surface area contributed by atoms with Crippen molar-refractivity contribution >= 4 is 5.91 Å². The SMILES string of the molecule is CC1(C)[C@H](C(=O)NCc2cncc(O)c2)[C@H]1c1ccccc1. The number of hydrogen-bond donors (Lipinski definition) is 2. The van der Waals surface area contributed by atoms with Crippen molar-refractivity contribution in [3.8, 4) is 5.75 Å². The zero-order valence-corrected chi connectivity index (χ0v) is 12.8. The van der Waals surface area contributed by atoms with Crippen molar-refractivity contribution in [3.63, 3.8) is 0 Å². The molecule has 1 aromatic carbocycles. The molecule has 1 aliphatic carbocycles. The number of carbonyl (C=O) groups is 1. The van der Waals surface area contributed by atoms with Crippen molar-refractivity contribution in [2.75, 3.05) is 0 Å². The fourth-order valence-electron chi connectivity index (χ4n) is 3.28. The van der Waals surface area contributed by atoms with Crippen molar-refractivity contribution in [3.05, 3.63) is 59.9 Å². The second-order valence-electron chi connectivity index (χ2n) is 6.46. The van der Waals surface area contributed by atoms with Gasteiger partial charge in [0.2, 0.25) is 5.91 Å². The monoisotopic (exact) mass is 296 g/mol. The molecule has 2 aromatic rings. The van der Waals surface area contributed by atoms with Gasteiger partial charge >= 0.3 is 0 Å². The minimum Gasteiger partial charge on any atom is -0.506 e. The zero-order valence-electron chi connectivity index (χ0n) is 12.8. The van der Waals surface area contributed by atoms with Gasteiger partial charge in [0, 0.05) is 18.7 Å². The van der Waals surface area contributed by atoms with Gasteiger partial charge in [-0.3, -0.25) is 9.78 Å². The Kier molecular flexibility index (Phi) is 3.61. The van der Waals surface area contributed by atoms with Crippen LogP contribution in [-0.4, -0.2) is 16.0 Å². The van der Waals surface area contributed by atoms with E-state index in [1.165, 1.54) is 11.8 Å². The largest absolute Gasteiger partial charge is 0.506 e. The summed E-state index contributed by atoms with van der Waals surface area (Å²) < 4.78 is 0. The molecule has 114 valence electrons. The lowest BCUT2D eigenvalue weighted by Gasteiger charge is -2.06. The highest BCUT2D eigenvalue weighted by Gasteiger charge is 2.61. The van der Waals surface area contributed by atoms with Gasteiger partial charge in [-0.05, 0) is 22.6 Å². The number of aromatic hydroxyl groups is 1. The molecule has 1 saturated carbocycles. The van der Waals surface area contributed by atoms with Crippen LogP contribution < -0.4 is 5.32 Å². The van der Waals surface area contributed by atoms with Crippen LogP contribution in [0.15, 0.2) is 48.8 Å². The fraction of sp³-hybridized carbons (Fsp3) is 0.333. The summed E-state index contributed by atoms with van der Waals surface area (Å²) in [5, 5.41) is 12.4. The topological polar surface area (TPSA) is 62.2 Å². The van der Waals surface area contributed by atoms with E-state index in [1.54, 1.807) is 12.3 Å². The van der Waals surface area contributed by atoms with E-state index in [2.05, 4.69) is 36.3 Å². The highest BCUT2D eigenvalue weighted by molar-refractivity contribution is 5.84. The Hall–Kier alpha value is -2.36. The maximum absolute atomic E-state index is 12.5. The van der Waals surface area contributed by atoms with E-state index >= 15 is 0 Å². The molecule has 4 nitrogen and oxygen atoms in total. The molecule has 0 radical (unpaired) electrons. The molecule has 1 heterocycles. The average Bonchev–Trinajstić information content (AvgIpc) is 3.08. The molecule has 0 saturated heterocycles. The maximum Gasteiger partial charge on any atom is 0.224 e. The summed E-state index contributed by atoms with van der Waals surface area (Å²) in [4.78, 5) is 16.4. The van der Waals surface area contributed by atoms with Crippen molar-refractivity contribution in [2.45, 2.75) is 26.3 Å². The lowest BCUT2D eigenvalue weighted by molar-refractivity contribution is -0.123. The first-order chi connectivity index (χ1) is 10.5. The number of hydrogen-bond acceptors (Lipinski definition) is 3. The minimum absolute atomic E-state index is 0.0137. The van der Waals surface area contributed by atoms with Crippen molar-refractivity contribution in [1.29, 1.82) is 0 Å². The predicted octanol–water partition coefficient (Wildman–Crippen LogP) is 2.84. The first-order valence-corrected chi connectivity index (χ1v) is 7.45. The van der Waals surface area contributed by atoms with Crippen LogP contribution in [0.2, 0.25) is 0 Å². The standard InChI is InChI=1S/C18H20N2O2/c1-18(2)15(13-6-4-3-5-7-13)16(18)17(22)20-10-12-8-14(21)11-19-9-12/h3-9,11,15-16,21H,10H2,1-2H3,(H,20,22)/t15-,16+/m1/s1. The van der Waals surface area contributed by atoms with Crippen LogP contribution in [0.3, 0.4) is 0 Å². The van der Waals surface area contributed by atoms with E-state index in [1.807, 2.05) is 18.2 Å². The van der Waals surface area contributed by atoms with E-state index < -0.39 is 0 Å². The number of carbonyl (C=O) groups excluding carboxylic acids is 1. The Morgan fingerprint density at radius 1 is 1.27 bits per heavy atom. The number of rotatable bonds is 4. The van der Waals surface area contributed by atoms with Gasteiger partial charge in [-0.25, -0.2) is 0 Å². The maximum atomic E-state index is 12.5. The molecular formula is C18H20N2O2. The third kappa shape index (κ3) is 2.69. The molecule has 1 aliphatic rings. The lowest BCUT2D eigenvalue weighted by Crippen LogP contribution is -2.26. The first-order valence-electron chi connectivity index (χ1n) is 7.45. The van der Waals surface area contributed by atoms with Gasteiger partial charge in [0.15, 0.2) is 0 Å². The number of amides is 1. The average molecular weight is 296 g/mol. The molecule has 0 aliphatic heterocycles. The summed E-state index contributed by atoms with van der Waals surface area (Å²) in [6.45, 7) is 4.64. The van der Waals surface area contributed by atoms with Crippen molar-refractivity contribution in [1.82, 2.24) is 10.3 Å². The summed E-state index contributed by atoms with van der Waals surface area (Å²) in [7, 11) is 0. The van der Waals surface area contributed by atoms with E-state index in [0.29, 0.717) is 6.54 Å². The normalized spacial score (nSPS) is 22.1. The van der Waals surface area contributed by atoms with Gasteiger partial charge in [-0.1, -0.05) is 44.2 Å². The lowest BCUT2D eigenvalue weighted by atomic mass is 10.0. The third-order valence-electron chi connectivity index (χ3n) is 4.52. The van der Waals surface area contributed by atoms with Crippen LogP contribution in [0.1, 0.15) is 30.9 Å². The Bertz CT molecular complexity index is 682. The molecular weight excluding hydrogens is 276 g/mol. The molecule has 2 atom stereocenters. The molecule has 4 heteroatoms. The highest BCUT2D eigenvalue weighted by Crippen LogP contribution is 2.64. The first kappa shape index (κ1) is 14.6. The van der Waals surface area contributed by atoms with Gasteiger partial charge in [-0.15, -0.1) is 0 Å². The molecule has 1 fully saturated rings. The van der Waals surface area contributed by atoms with Gasteiger partial charge in [0.25, 0.3) is 0 Å².